The number of hydrogen-bond donors (Lipinski definition) is 1. The average molecular weight is 431 g/mol. The monoisotopic (exact) mass is 430 g/mol. The van der Waals surface area contributed by atoms with Gasteiger partial charge in [-0.1, -0.05) is 23.4 Å². The zero-order valence-corrected chi connectivity index (χ0v) is 17.3. The lowest BCUT2D eigenvalue weighted by molar-refractivity contribution is -0.113. The number of pyridine rings is 1. The highest BCUT2D eigenvalue weighted by molar-refractivity contribution is 7.99. The standard InChI is InChI=1S/C20H19ClN4O3S/c1-2-25-15(13-3-5-16-17(9-13)28-8-7-27-16)11-23-20(25)29-12-19(26)24-18-6-4-14(21)10-22-18/h3-6,9-11H,2,7-8,12H2,1H3,(H,22,24,26). The van der Waals surface area contributed by atoms with E-state index in [0.29, 0.717) is 24.1 Å². The molecule has 3 heterocycles. The molecule has 0 unspecified atom stereocenters. The Balaban J connectivity index is 1.46. The highest BCUT2D eigenvalue weighted by Gasteiger charge is 2.17. The van der Waals surface area contributed by atoms with Crippen LogP contribution in [0.15, 0.2) is 47.9 Å². The van der Waals surface area contributed by atoms with E-state index in [1.807, 2.05) is 31.3 Å². The summed E-state index contributed by atoms with van der Waals surface area (Å²) in [5, 5.41) is 4.05. The molecule has 1 aliphatic rings. The van der Waals surface area contributed by atoms with Gasteiger partial charge in [0, 0.05) is 18.3 Å². The first kappa shape index (κ1) is 19.6. The molecule has 0 fully saturated rings. The molecule has 0 saturated carbocycles. The number of carbonyl (C=O) groups excluding carboxylic acids is 1. The van der Waals surface area contributed by atoms with Gasteiger partial charge in [-0.25, -0.2) is 9.97 Å². The largest absolute Gasteiger partial charge is 0.486 e. The van der Waals surface area contributed by atoms with Crippen LogP contribution in [-0.4, -0.2) is 39.4 Å². The molecule has 9 heteroatoms. The first-order chi connectivity index (χ1) is 14.1. The summed E-state index contributed by atoms with van der Waals surface area (Å²) in [6, 6.07) is 9.21. The van der Waals surface area contributed by atoms with Gasteiger partial charge in [0.1, 0.15) is 19.0 Å². The Morgan fingerprint density at radius 3 is 2.76 bits per heavy atom. The third kappa shape index (κ3) is 4.49. The zero-order chi connectivity index (χ0) is 20.2. The fraction of sp³-hybridized carbons (Fsp3) is 0.250. The molecular formula is C20H19ClN4O3S. The van der Waals surface area contributed by atoms with Crippen LogP contribution in [-0.2, 0) is 11.3 Å². The predicted octanol–water partition coefficient (Wildman–Crippen LogP) is 4.12. The van der Waals surface area contributed by atoms with Crippen LogP contribution in [0.4, 0.5) is 5.82 Å². The smallest absolute Gasteiger partial charge is 0.236 e. The van der Waals surface area contributed by atoms with Crippen molar-refractivity contribution in [2.75, 3.05) is 24.3 Å². The molecule has 1 aromatic carbocycles. The van der Waals surface area contributed by atoms with Crippen LogP contribution in [0.1, 0.15) is 6.92 Å². The third-order valence-electron chi connectivity index (χ3n) is 4.30. The number of anilines is 1. The minimum absolute atomic E-state index is 0.156. The second-order valence-corrected chi connectivity index (χ2v) is 7.61. The van der Waals surface area contributed by atoms with Crippen molar-refractivity contribution in [2.45, 2.75) is 18.6 Å². The fourth-order valence-corrected chi connectivity index (χ4v) is 3.93. The van der Waals surface area contributed by atoms with Crippen molar-refractivity contribution in [2.24, 2.45) is 0 Å². The maximum Gasteiger partial charge on any atom is 0.236 e. The van der Waals surface area contributed by atoms with Crippen LogP contribution >= 0.6 is 23.4 Å². The van der Waals surface area contributed by atoms with Gasteiger partial charge in [0.2, 0.25) is 5.91 Å². The van der Waals surface area contributed by atoms with E-state index in [4.69, 9.17) is 21.1 Å². The Morgan fingerprint density at radius 1 is 1.17 bits per heavy atom. The number of nitrogens with zero attached hydrogens (tertiary/aromatic N) is 3. The van der Waals surface area contributed by atoms with Crippen LogP contribution in [0.3, 0.4) is 0 Å². The Hall–Kier alpha value is -2.71. The number of benzene rings is 1. The quantitative estimate of drug-likeness (QED) is 0.592. The Labute approximate surface area is 177 Å². The summed E-state index contributed by atoms with van der Waals surface area (Å²) in [4.78, 5) is 20.8. The van der Waals surface area contributed by atoms with Crippen molar-refractivity contribution in [1.82, 2.24) is 14.5 Å². The number of aromatic nitrogens is 3. The molecule has 0 atom stereocenters. The van der Waals surface area contributed by atoms with Crippen molar-refractivity contribution in [1.29, 1.82) is 0 Å². The molecule has 7 nitrogen and oxygen atoms in total. The lowest BCUT2D eigenvalue weighted by Crippen LogP contribution is -2.15. The Bertz CT molecular complexity index is 1020. The van der Waals surface area contributed by atoms with E-state index in [2.05, 4.69) is 19.9 Å². The molecule has 3 aromatic rings. The van der Waals surface area contributed by atoms with Crippen LogP contribution in [0, 0.1) is 0 Å². The number of carbonyl (C=O) groups is 1. The third-order valence-corrected chi connectivity index (χ3v) is 5.51. The molecule has 1 N–H and O–H groups in total. The Morgan fingerprint density at radius 2 is 2.00 bits per heavy atom. The van der Waals surface area contributed by atoms with Gasteiger partial charge in [-0.15, -0.1) is 0 Å². The van der Waals surface area contributed by atoms with E-state index in [9.17, 15) is 4.79 Å². The number of nitrogens with one attached hydrogen (secondary N) is 1. The first-order valence-electron chi connectivity index (χ1n) is 9.14. The fourth-order valence-electron chi connectivity index (χ4n) is 2.97. The van der Waals surface area contributed by atoms with Gasteiger partial charge in [0.05, 0.1) is 22.7 Å². The molecule has 0 aliphatic carbocycles. The van der Waals surface area contributed by atoms with Crippen molar-refractivity contribution in [3.63, 3.8) is 0 Å². The van der Waals surface area contributed by atoms with E-state index < -0.39 is 0 Å². The van der Waals surface area contributed by atoms with Crippen molar-refractivity contribution >= 4 is 35.1 Å². The summed E-state index contributed by atoms with van der Waals surface area (Å²) >= 11 is 7.19. The normalized spacial score (nSPS) is 12.6. The van der Waals surface area contributed by atoms with Crippen LogP contribution in [0.2, 0.25) is 5.02 Å². The second kappa shape index (κ2) is 8.75. The van der Waals surface area contributed by atoms with Crippen molar-refractivity contribution < 1.29 is 14.3 Å². The number of fused-ring (bicyclic) bond motifs is 1. The van der Waals surface area contributed by atoms with E-state index in [1.165, 1.54) is 18.0 Å². The summed E-state index contributed by atoms with van der Waals surface area (Å²) in [5.74, 6) is 2.03. The number of ether oxygens (including phenoxy) is 2. The van der Waals surface area contributed by atoms with E-state index in [1.54, 1.807) is 12.1 Å². The van der Waals surface area contributed by atoms with Gasteiger partial charge in [-0.2, -0.15) is 0 Å². The highest BCUT2D eigenvalue weighted by atomic mass is 35.5. The zero-order valence-electron chi connectivity index (χ0n) is 15.7. The second-order valence-electron chi connectivity index (χ2n) is 6.23. The number of amides is 1. The number of thioether (sulfide) groups is 1. The minimum atomic E-state index is -0.156. The van der Waals surface area contributed by atoms with Gasteiger partial charge >= 0.3 is 0 Å². The summed E-state index contributed by atoms with van der Waals surface area (Å²) in [6.07, 6.45) is 3.31. The molecule has 29 heavy (non-hydrogen) atoms. The molecule has 0 spiro atoms. The van der Waals surface area contributed by atoms with Crippen molar-refractivity contribution in [3.05, 3.63) is 47.7 Å². The van der Waals surface area contributed by atoms with Crippen LogP contribution in [0.5, 0.6) is 11.5 Å². The van der Waals surface area contributed by atoms with E-state index >= 15 is 0 Å². The molecule has 150 valence electrons. The van der Waals surface area contributed by atoms with E-state index in [0.717, 1.165) is 34.5 Å². The predicted molar refractivity (Wildman–Crippen MR) is 113 cm³/mol. The highest BCUT2D eigenvalue weighted by Crippen LogP contribution is 2.35. The van der Waals surface area contributed by atoms with Gasteiger partial charge in [-0.05, 0) is 37.3 Å². The number of rotatable bonds is 6. The number of hydrogen-bond acceptors (Lipinski definition) is 6. The number of halogens is 1. The molecule has 1 aliphatic heterocycles. The molecular weight excluding hydrogens is 412 g/mol. The van der Waals surface area contributed by atoms with Crippen LogP contribution < -0.4 is 14.8 Å². The molecule has 0 bridgehead atoms. The molecule has 0 saturated heterocycles. The van der Waals surface area contributed by atoms with Gasteiger partial charge < -0.3 is 19.4 Å². The molecule has 2 aromatic heterocycles. The minimum Gasteiger partial charge on any atom is -0.486 e. The topological polar surface area (TPSA) is 78.3 Å². The lowest BCUT2D eigenvalue weighted by atomic mass is 10.1. The summed E-state index contributed by atoms with van der Waals surface area (Å²) in [7, 11) is 0. The maximum atomic E-state index is 12.2. The lowest BCUT2D eigenvalue weighted by Gasteiger charge is -2.19. The van der Waals surface area contributed by atoms with E-state index in [-0.39, 0.29) is 11.7 Å². The summed E-state index contributed by atoms with van der Waals surface area (Å²) < 4.78 is 13.3. The SMILES string of the molecule is CCn1c(-c2ccc3c(c2)OCCO3)cnc1SCC(=O)Nc1ccc(Cl)cn1. The number of imidazole rings is 1. The first-order valence-corrected chi connectivity index (χ1v) is 10.5. The van der Waals surface area contributed by atoms with Gasteiger partial charge in [0.15, 0.2) is 16.7 Å². The molecule has 4 rings (SSSR count). The average Bonchev–Trinajstić information content (AvgIpc) is 3.16. The Kier molecular flexibility index (Phi) is 5.92. The van der Waals surface area contributed by atoms with Crippen molar-refractivity contribution in [3.8, 4) is 22.8 Å². The molecule has 0 radical (unpaired) electrons. The summed E-state index contributed by atoms with van der Waals surface area (Å²) in [5.41, 5.74) is 1.96. The van der Waals surface area contributed by atoms with Gasteiger partial charge in [-0.3, -0.25) is 4.79 Å². The van der Waals surface area contributed by atoms with Gasteiger partial charge in [0.25, 0.3) is 0 Å². The molecule has 1 amide bonds. The summed E-state index contributed by atoms with van der Waals surface area (Å²) in [6.45, 7) is 3.88. The maximum absolute atomic E-state index is 12.2. The van der Waals surface area contributed by atoms with Crippen LogP contribution in [0.25, 0.3) is 11.3 Å².